The minimum Gasteiger partial charge on any atom is -0.480 e. The summed E-state index contributed by atoms with van der Waals surface area (Å²) >= 11 is 0. The number of ether oxygens (including phenoxy) is 1. The van der Waals surface area contributed by atoms with Crippen LogP contribution in [0.25, 0.3) is 10.8 Å². The van der Waals surface area contributed by atoms with Crippen molar-refractivity contribution in [3.63, 3.8) is 0 Å². The summed E-state index contributed by atoms with van der Waals surface area (Å²) in [6.07, 6.45) is -0.575. The maximum Gasteiger partial charge on any atom is 0.261 e. The highest BCUT2D eigenvalue weighted by molar-refractivity contribution is 5.89. The van der Waals surface area contributed by atoms with E-state index in [1.54, 1.807) is 6.92 Å². The monoisotopic (exact) mass is 347 g/mol. The molecular weight excluding hydrogens is 322 g/mol. The lowest BCUT2D eigenvalue weighted by molar-refractivity contribution is -0.127. The molecule has 1 N–H and O–H groups in total. The highest BCUT2D eigenvalue weighted by atomic mass is 16.5. The number of carbonyl (C=O) groups is 1. The van der Waals surface area contributed by atoms with Crippen LogP contribution in [0.4, 0.5) is 0 Å². The number of hydrogen-bond donors (Lipinski definition) is 1. The van der Waals surface area contributed by atoms with E-state index in [1.807, 2.05) is 49.4 Å². The SMILES string of the molecule is Cc1ccc([C@@H](C)NC(=O)[C@H](C)Oc2cccc3ccccc23)c(C)c1. The minimum absolute atomic E-state index is 0.0679. The molecule has 0 aliphatic carbocycles. The van der Waals surface area contributed by atoms with Gasteiger partial charge in [-0.15, -0.1) is 0 Å². The number of fused-ring (bicyclic) bond motifs is 1. The topological polar surface area (TPSA) is 38.3 Å². The molecule has 2 atom stereocenters. The number of benzene rings is 3. The predicted octanol–water partition coefficient (Wildman–Crippen LogP) is 5.10. The zero-order valence-electron chi connectivity index (χ0n) is 15.7. The zero-order valence-corrected chi connectivity index (χ0v) is 15.7. The van der Waals surface area contributed by atoms with Crippen LogP contribution in [0.15, 0.2) is 60.7 Å². The Bertz CT molecular complexity index is 927. The van der Waals surface area contributed by atoms with Crippen LogP contribution in [-0.4, -0.2) is 12.0 Å². The van der Waals surface area contributed by atoms with E-state index >= 15 is 0 Å². The smallest absolute Gasteiger partial charge is 0.261 e. The third-order valence-electron chi connectivity index (χ3n) is 4.67. The first-order valence-electron chi connectivity index (χ1n) is 8.97. The Hall–Kier alpha value is -2.81. The van der Waals surface area contributed by atoms with Gasteiger partial charge in [-0.2, -0.15) is 0 Å². The Labute approximate surface area is 155 Å². The van der Waals surface area contributed by atoms with Gasteiger partial charge in [-0.25, -0.2) is 0 Å². The first kappa shape index (κ1) is 18.0. The zero-order chi connectivity index (χ0) is 18.7. The van der Waals surface area contributed by atoms with Crippen LogP contribution in [0.3, 0.4) is 0 Å². The molecule has 0 fully saturated rings. The summed E-state index contributed by atoms with van der Waals surface area (Å²) in [6, 6.07) is 20.1. The molecule has 26 heavy (non-hydrogen) atoms. The normalized spacial score (nSPS) is 13.2. The Kier molecular flexibility index (Phi) is 5.27. The fraction of sp³-hybridized carbons (Fsp3) is 0.261. The maximum atomic E-state index is 12.6. The quantitative estimate of drug-likeness (QED) is 0.697. The lowest BCUT2D eigenvalue weighted by atomic mass is 10.00. The summed E-state index contributed by atoms with van der Waals surface area (Å²) < 4.78 is 5.96. The molecule has 3 nitrogen and oxygen atoms in total. The molecule has 0 saturated heterocycles. The molecule has 1 amide bonds. The lowest BCUT2D eigenvalue weighted by Gasteiger charge is -2.21. The molecule has 0 aliphatic rings. The van der Waals surface area contributed by atoms with Gasteiger partial charge in [0.25, 0.3) is 5.91 Å². The van der Waals surface area contributed by atoms with Crippen molar-refractivity contribution in [2.45, 2.75) is 39.8 Å². The molecule has 0 spiro atoms. The number of nitrogens with one attached hydrogen (secondary N) is 1. The van der Waals surface area contributed by atoms with Crippen molar-refractivity contribution >= 4 is 16.7 Å². The van der Waals surface area contributed by atoms with Gasteiger partial charge in [-0.05, 0) is 50.3 Å². The molecular formula is C23H25NO2. The van der Waals surface area contributed by atoms with E-state index in [-0.39, 0.29) is 11.9 Å². The Morgan fingerprint density at radius 3 is 2.46 bits per heavy atom. The fourth-order valence-corrected chi connectivity index (χ4v) is 3.26. The number of hydrogen-bond acceptors (Lipinski definition) is 2. The Morgan fingerprint density at radius 2 is 1.69 bits per heavy atom. The van der Waals surface area contributed by atoms with E-state index in [2.05, 4.69) is 37.4 Å². The van der Waals surface area contributed by atoms with Gasteiger partial charge in [-0.1, -0.05) is 60.2 Å². The van der Waals surface area contributed by atoms with Crippen LogP contribution in [0.5, 0.6) is 5.75 Å². The van der Waals surface area contributed by atoms with Crippen LogP contribution in [0, 0.1) is 13.8 Å². The van der Waals surface area contributed by atoms with Crippen molar-refractivity contribution in [2.75, 3.05) is 0 Å². The molecule has 3 aromatic rings. The van der Waals surface area contributed by atoms with Gasteiger partial charge in [0.1, 0.15) is 5.75 Å². The summed E-state index contributed by atoms with van der Waals surface area (Å²) in [5.41, 5.74) is 3.53. The second-order valence-corrected chi connectivity index (χ2v) is 6.83. The van der Waals surface area contributed by atoms with Crippen LogP contribution in [0.1, 0.15) is 36.6 Å². The van der Waals surface area contributed by atoms with Crippen LogP contribution in [0.2, 0.25) is 0 Å². The molecule has 3 aromatic carbocycles. The average molecular weight is 347 g/mol. The molecule has 0 aliphatic heterocycles. The molecule has 0 heterocycles. The Morgan fingerprint density at radius 1 is 0.962 bits per heavy atom. The van der Waals surface area contributed by atoms with E-state index in [1.165, 1.54) is 11.1 Å². The van der Waals surface area contributed by atoms with E-state index in [0.29, 0.717) is 0 Å². The van der Waals surface area contributed by atoms with Gasteiger partial charge in [0.2, 0.25) is 0 Å². The molecule has 0 aromatic heterocycles. The third-order valence-corrected chi connectivity index (χ3v) is 4.67. The van der Waals surface area contributed by atoms with Gasteiger partial charge < -0.3 is 10.1 Å². The number of amides is 1. The van der Waals surface area contributed by atoms with Crippen molar-refractivity contribution in [2.24, 2.45) is 0 Å². The molecule has 3 rings (SSSR count). The summed E-state index contributed by atoms with van der Waals surface area (Å²) in [5, 5.41) is 5.17. The van der Waals surface area contributed by atoms with E-state index in [4.69, 9.17) is 4.74 Å². The van der Waals surface area contributed by atoms with Crippen LogP contribution < -0.4 is 10.1 Å². The maximum absolute atomic E-state index is 12.6. The van der Waals surface area contributed by atoms with Gasteiger partial charge >= 0.3 is 0 Å². The highest BCUT2D eigenvalue weighted by Crippen LogP contribution is 2.26. The number of rotatable bonds is 5. The molecule has 0 saturated carbocycles. The minimum atomic E-state index is -0.575. The molecule has 134 valence electrons. The summed E-state index contributed by atoms with van der Waals surface area (Å²) in [4.78, 5) is 12.6. The van der Waals surface area contributed by atoms with E-state index in [0.717, 1.165) is 22.1 Å². The summed E-state index contributed by atoms with van der Waals surface area (Å²) in [5.74, 6) is 0.607. The largest absolute Gasteiger partial charge is 0.480 e. The van der Waals surface area contributed by atoms with Gasteiger partial charge in [0.05, 0.1) is 6.04 Å². The second-order valence-electron chi connectivity index (χ2n) is 6.83. The summed E-state index contributed by atoms with van der Waals surface area (Å²) in [6.45, 7) is 7.92. The highest BCUT2D eigenvalue weighted by Gasteiger charge is 2.19. The van der Waals surface area contributed by atoms with Crippen molar-refractivity contribution in [1.29, 1.82) is 0 Å². The number of aryl methyl sites for hydroxylation is 2. The van der Waals surface area contributed by atoms with Crippen LogP contribution >= 0.6 is 0 Å². The van der Waals surface area contributed by atoms with Gasteiger partial charge in [0.15, 0.2) is 6.10 Å². The molecule has 0 radical (unpaired) electrons. The molecule has 3 heteroatoms. The predicted molar refractivity (Wildman–Crippen MR) is 107 cm³/mol. The van der Waals surface area contributed by atoms with Crippen molar-refractivity contribution in [3.05, 3.63) is 77.4 Å². The first-order chi connectivity index (χ1) is 12.5. The fourth-order valence-electron chi connectivity index (χ4n) is 3.26. The van der Waals surface area contributed by atoms with Gasteiger partial charge in [0, 0.05) is 5.39 Å². The van der Waals surface area contributed by atoms with Gasteiger partial charge in [-0.3, -0.25) is 4.79 Å². The molecule has 0 unspecified atom stereocenters. The second kappa shape index (κ2) is 7.61. The standard InChI is InChI=1S/C23H25NO2/c1-15-12-13-20(16(2)14-15)17(3)24-23(25)18(4)26-22-11-7-9-19-8-5-6-10-21(19)22/h5-14,17-18H,1-4H3,(H,24,25)/t17-,18+/m1/s1. The van der Waals surface area contributed by atoms with E-state index in [9.17, 15) is 4.79 Å². The molecule has 0 bridgehead atoms. The van der Waals surface area contributed by atoms with E-state index < -0.39 is 6.10 Å². The van der Waals surface area contributed by atoms with Crippen molar-refractivity contribution in [3.8, 4) is 5.75 Å². The summed E-state index contributed by atoms with van der Waals surface area (Å²) in [7, 11) is 0. The Balaban J connectivity index is 1.71. The first-order valence-corrected chi connectivity index (χ1v) is 8.97. The third kappa shape index (κ3) is 3.88. The van der Waals surface area contributed by atoms with Crippen molar-refractivity contribution < 1.29 is 9.53 Å². The number of carbonyl (C=O) groups excluding carboxylic acids is 1. The lowest BCUT2D eigenvalue weighted by Crippen LogP contribution is -2.38. The van der Waals surface area contributed by atoms with Crippen LogP contribution in [-0.2, 0) is 4.79 Å². The average Bonchev–Trinajstić information content (AvgIpc) is 2.61. The van der Waals surface area contributed by atoms with Crippen molar-refractivity contribution in [1.82, 2.24) is 5.32 Å².